The van der Waals surface area contributed by atoms with E-state index in [0.29, 0.717) is 19.3 Å². The zero-order valence-corrected chi connectivity index (χ0v) is 50.8. The molecule has 0 spiro atoms. The minimum absolute atomic E-state index is 0.0676. The summed E-state index contributed by atoms with van der Waals surface area (Å²) >= 11 is 0. The van der Waals surface area contributed by atoms with Crippen LogP contribution in [0, 0.1) is 0 Å². The van der Waals surface area contributed by atoms with E-state index in [1.54, 1.807) is 0 Å². The molecule has 0 bridgehead atoms. The van der Waals surface area contributed by atoms with E-state index >= 15 is 0 Å². The summed E-state index contributed by atoms with van der Waals surface area (Å²) in [6, 6.07) is 0. The summed E-state index contributed by atoms with van der Waals surface area (Å²) in [6.45, 7) is 6.71. The van der Waals surface area contributed by atoms with E-state index in [0.717, 1.165) is 57.8 Å². The predicted octanol–water partition coefficient (Wildman–Crippen LogP) is 23.0. The third kappa shape index (κ3) is 62.6. The molecule has 0 fully saturated rings. The lowest BCUT2D eigenvalue weighted by Gasteiger charge is -2.18. The molecule has 1 unspecified atom stereocenters. The zero-order valence-electron chi connectivity index (χ0n) is 50.8. The highest BCUT2D eigenvalue weighted by atomic mass is 16.6. The van der Waals surface area contributed by atoms with Crippen LogP contribution in [-0.4, -0.2) is 37.2 Å². The summed E-state index contributed by atoms with van der Waals surface area (Å²) in [5.41, 5.74) is 0. The third-order valence-electron chi connectivity index (χ3n) is 15.4. The quantitative estimate of drug-likeness (QED) is 0.0261. The Morgan fingerprint density at radius 3 is 0.667 bits per heavy atom. The van der Waals surface area contributed by atoms with Gasteiger partial charge in [-0.1, -0.05) is 315 Å². The lowest BCUT2D eigenvalue weighted by molar-refractivity contribution is -0.167. The Balaban J connectivity index is 4.29. The Labute approximate surface area is 468 Å². The first-order chi connectivity index (χ1) is 37.0. The van der Waals surface area contributed by atoms with Crippen LogP contribution in [0.5, 0.6) is 0 Å². The van der Waals surface area contributed by atoms with Crippen LogP contribution in [-0.2, 0) is 28.6 Å². The highest BCUT2D eigenvalue weighted by Gasteiger charge is 2.19. The van der Waals surface area contributed by atoms with Crippen LogP contribution >= 0.6 is 0 Å². The molecule has 6 heteroatoms. The normalized spacial score (nSPS) is 12.1. The smallest absolute Gasteiger partial charge is 0.306 e. The molecule has 0 saturated heterocycles. The van der Waals surface area contributed by atoms with Gasteiger partial charge >= 0.3 is 17.9 Å². The van der Waals surface area contributed by atoms with Gasteiger partial charge in [-0.3, -0.25) is 14.4 Å². The highest BCUT2D eigenvalue weighted by molar-refractivity contribution is 5.71. The summed E-state index contributed by atoms with van der Waals surface area (Å²) in [5.74, 6) is -0.843. The van der Waals surface area contributed by atoms with Gasteiger partial charge in [0.05, 0.1) is 0 Å². The molecule has 0 heterocycles. The lowest BCUT2D eigenvalue weighted by Crippen LogP contribution is -2.30. The Bertz CT molecular complexity index is 1210. The molecule has 1 atom stereocenters. The number of hydrogen-bond donors (Lipinski definition) is 0. The zero-order chi connectivity index (χ0) is 54.3. The van der Waals surface area contributed by atoms with Gasteiger partial charge < -0.3 is 14.2 Å². The molecule has 0 amide bonds. The summed E-state index contributed by atoms with van der Waals surface area (Å²) in [5, 5.41) is 0. The van der Waals surface area contributed by atoms with Crippen molar-refractivity contribution in [3.8, 4) is 0 Å². The average molecular weight is 1060 g/mol. The molecule has 6 nitrogen and oxygen atoms in total. The van der Waals surface area contributed by atoms with Gasteiger partial charge in [0.25, 0.3) is 0 Å². The van der Waals surface area contributed by atoms with Crippen LogP contribution in [0.25, 0.3) is 0 Å². The van der Waals surface area contributed by atoms with Crippen molar-refractivity contribution in [2.24, 2.45) is 0 Å². The van der Waals surface area contributed by atoms with Crippen molar-refractivity contribution in [2.45, 2.75) is 386 Å². The lowest BCUT2D eigenvalue weighted by atomic mass is 10.0. The molecule has 75 heavy (non-hydrogen) atoms. The predicted molar refractivity (Wildman–Crippen MR) is 326 cm³/mol. The maximum absolute atomic E-state index is 12.9. The number of allylic oxidation sites excluding steroid dienone is 4. The fourth-order valence-electron chi connectivity index (χ4n) is 10.3. The SMILES string of the molecule is CCCCCCCC/C=C\CCCCCCCCCC(=O)OC(COC(=O)CCCCCCCCCCCCC/C=C\CCCCCCCCCC)COC(=O)CCCCCCCCCCCCCCCCCCC. The van der Waals surface area contributed by atoms with Gasteiger partial charge in [-0.05, 0) is 70.6 Å². The molecule has 0 aromatic carbocycles. The Hall–Kier alpha value is -2.11. The van der Waals surface area contributed by atoms with Crippen LogP contribution in [0.4, 0.5) is 0 Å². The minimum atomic E-state index is -0.771. The Morgan fingerprint density at radius 2 is 0.440 bits per heavy atom. The first-order valence-corrected chi connectivity index (χ1v) is 33.8. The van der Waals surface area contributed by atoms with Crippen molar-refractivity contribution in [3.63, 3.8) is 0 Å². The van der Waals surface area contributed by atoms with Crippen LogP contribution in [0.2, 0.25) is 0 Å². The molecular formula is C69H130O6. The van der Waals surface area contributed by atoms with Gasteiger partial charge in [-0.15, -0.1) is 0 Å². The van der Waals surface area contributed by atoms with Crippen LogP contribution in [0.3, 0.4) is 0 Å². The van der Waals surface area contributed by atoms with Gasteiger partial charge in [0.1, 0.15) is 13.2 Å². The Kier molecular flexibility index (Phi) is 62.6. The first-order valence-electron chi connectivity index (χ1n) is 33.8. The number of ether oxygens (including phenoxy) is 3. The summed E-state index contributed by atoms with van der Waals surface area (Å²) in [4.78, 5) is 38.4. The number of carbonyl (C=O) groups excluding carboxylic acids is 3. The standard InChI is InChI=1S/C69H130O6/c1-4-7-10-13-16-19-22-25-28-31-32-33-34-35-36-39-41-44-47-50-53-56-59-62-68(71)74-65-66(75-69(72)63-60-57-54-51-48-45-42-38-30-27-24-21-18-15-12-9-6-3)64-73-67(70)61-58-55-52-49-46-43-40-37-29-26-23-20-17-14-11-8-5-2/h27,30-32,66H,4-26,28-29,33-65H2,1-3H3/b30-27-,32-31-. The molecule has 0 radical (unpaired) electrons. The van der Waals surface area contributed by atoms with Crippen molar-refractivity contribution >= 4 is 17.9 Å². The third-order valence-corrected chi connectivity index (χ3v) is 15.4. The maximum atomic E-state index is 12.9. The van der Waals surface area contributed by atoms with Crippen molar-refractivity contribution in [3.05, 3.63) is 24.3 Å². The van der Waals surface area contributed by atoms with Crippen LogP contribution < -0.4 is 0 Å². The molecule has 0 aromatic heterocycles. The summed E-state index contributed by atoms with van der Waals surface area (Å²) in [7, 11) is 0. The molecule has 0 aromatic rings. The van der Waals surface area contributed by atoms with Gasteiger partial charge in [-0.25, -0.2) is 0 Å². The molecule has 0 aliphatic carbocycles. The topological polar surface area (TPSA) is 78.9 Å². The van der Waals surface area contributed by atoms with Gasteiger partial charge in [0.15, 0.2) is 6.10 Å². The summed E-state index contributed by atoms with van der Waals surface area (Å²) < 4.78 is 17.0. The van der Waals surface area contributed by atoms with E-state index < -0.39 is 6.10 Å². The van der Waals surface area contributed by atoms with Crippen LogP contribution in [0.15, 0.2) is 24.3 Å². The van der Waals surface area contributed by atoms with Gasteiger partial charge in [-0.2, -0.15) is 0 Å². The number of esters is 3. The van der Waals surface area contributed by atoms with Crippen molar-refractivity contribution in [1.29, 1.82) is 0 Å². The second-order valence-electron chi connectivity index (χ2n) is 23.1. The number of rotatable bonds is 63. The van der Waals surface area contributed by atoms with E-state index in [2.05, 4.69) is 45.1 Å². The fraction of sp³-hybridized carbons (Fsp3) is 0.899. The second-order valence-corrected chi connectivity index (χ2v) is 23.1. The molecular weight excluding hydrogens is 925 g/mol. The molecule has 442 valence electrons. The molecule has 0 aliphatic rings. The van der Waals surface area contributed by atoms with Crippen molar-refractivity contribution in [2.75, 3.05) is 13.2 Å². The summed E-state index contributed by atoms with van der Waals surface area (Å²) in [6.07, 6.45) is 77.6. The number of carbonyl (C=O) groups is 3. The van der Waals surface area contributed by atoms with E-state index in [1.807, 2.05) is 0 Å². The van der Waals surface area contributed by atoms with Crippen molar-refractivity contribution < 1.29 is 28.6 Å². The van der Waals surface area contributed by atoms with Gasteiger partial charge in [0.2, 0.25) is 0 Å². The van der Waals surface area contributed by atoms with E-state index in [4.69, 9.17) is 14.2 Å². The molecule has 0 N–H and O–H groups in total. The highest BCUT2D eigenvalue weighted by Crippen LogP contribution is 2.18. The monoisotopic (exact) mass is 1050 g/mol. The van der Waals surface area contributed by atoms with Gasteiger partial charge in [0, 0.05) is 19.3 Å². The number of hydrogen-bond acceptors (Lipinski definition) is 6. The average Bonchev–Trinajstić information content (AvgIpc) is 3.41. The minimum Gasteiger partial charge on any atom is -0.462 e. The van der Waals surface area contributed by atoms with E-state index in [9.17, 15) is 14.4 Å². The largest absolute Gasteiger partial charge is 0.462 e. The van der Waals surface area contributed by atoms with E-state index in [1.165, 1.54) is 283 Å². The first kappa shape index (κ1) is 72.9. The second kappa shape index (κ2) is 64.4. The Morgan fingerprint density at radius 1 is 0.253 bits per heavy atom. The van der Waals surface area contributed by atoms with E-state index in [-0.39, 0.29) is 31.1 Å². The fourth-order valence-corrected chi connectivity index (χ4v) is 10.3. The number of unbranched alkanes of at least 4 members (excludes halogenated alkanes) is 48. The molecule has 0 aliphatic heterocycles. The van der Waals surface area contributed by atoms with Crippen molar-refractivity contribution in [1.82, 2.24) is 0 Å². The van der Waals surface area contributed by atoms with Crippen LogP contribution in [0.1, 0.15) is 380 Å². The molecule has 0 saturated carbocycles. The maximum Gasteiger partial charge on any atom is 0.306 e. The molecule has 0 rings (SSSR count).